The van der Waals surface area contributed by atoms with Gasteiger partial charge in [-0.05, 0) is 94.6 Å². The molecule has 3 fully saturated rings. The van der Waals surface area contributed by atoms with Gasteiger partial charge in [-0.2, -0.15) is 0 Å². The molecule has 2 saturated heterocycles. The van der Waals surface area contributed by atoms with Crippen LogP contribution in [0.3, 0.4) is 0 Å². The number of benzene rings is 1. The Morgan fingerprint density at radius 2 is 1.76 bits per heavy atom. The van der Waals surface area contributed by atoms with Gasteiger partial charge in [0.05, 0.1) is 0 Å². The van der Waals surface area contributed by atoms with Gasteiger partial charge in [-0.15, -0.1) is 0 Å². The van der Waals surface area contributed by atoms with Crippen molar-refractivity contribution in [2.24, 2.45) is 0 Å². The largest absolute Gasteiger partial charge is 0.359 e. The summed E-state index contributed by atoms with van der Waals surface area (Å²) in [5.74, 6) is 0.362. The number of hydrazine groups is 1. The van der Waals surface area contributed by atoms with E-state index in [-0.39, 0.29) is 17.9 Å². The maximum Gasteiger partial charge on any atom is 0.249 e. The highest BCUT2D eigenvalue weighted by molar-refractivity contribution is 6.02. The molecule has 3 heterocycles. The Morgan fingerprint density at radius 3 is 2.44 bits per heavy atom. The van der Waals surface area contributed by atoms with E-state index in [1.165, 1.54) is 68.4 Å². The zero-order valence-electron chi connectivity index (χ0n) is 20.9. The lowest BCUT2D eigenvalue weighted by Gasteiger charge is -2.43. The van der Waals surface area contributed by atoms with Gasteiger partial charge in [-0.1, -0.05) is 19.1 Å². The number of carbonyl (C=O) groups is 2. The summed E-state index contributed by atoms with van der Waals surface area (Å²) in [4.78, 5) is 29.1. The number of nitrogens with zero attached hydrogens (tertiary/aromatic N) is 3. The van der Waals surface area contributed by atoms with Crippen molar-refractivity contribution < 1.29 is 9.59 Å². The predicted octanol–water partition coefficient (Wildman–Crippen LogP) is 2.80. The third-order valence-electron chi connectivity index (χ3n) is 8.91. The number of rotatable bonds is 6. The van der Waals surface area contributed by atoms with E-state index in [1.54, 1.807) is 0 Å². The fourth-order valence-electron chi connectivity index (χ4n) is 7.09. The van der Waals surface area contributed by atoms with Crippen LogP contribution in [0.5, 0.6) is 0 Å². The quantitative estimate of drug-likeness (QED) is 0.495. The molecule has 1 atom stereocenters. The average molecular weight is 468 g/mol. The minimum Gasteiger partial charge on any atom is -0.359 e. The predicted molar refractivity (Wildman–Crippen MR) is 135 cm³/mol. The molecule has 2 N–H and O–H groups in total. The van der Waals surface area contributed by atoms with Crippen molar-refractivity contribution in [1.29, 1.82) is 0 Å². The van der Waals surface area contributed by atoms with Gasteiger partial charge in [0.15, 0.2) is 0 Å². The van der Waals surface area contributed by atoms with Gasteiger partial charge in [-0.25, -0.2) is 5.01 Å². The van der Waals surface area contributed by atoms with E-state index in [2.05, 4.69) is 50.7 Å². The fourth-order valence-corrected chi connectivity index (χ4v) is 7.09. The summed E-state index contributed by atoms with van der Waals surface area (Å²) in [6.45, 7) is 6.62. The summed E-state index contributed by atoms with van der Waals surface area (Å²) in [7, 11) is 2.04. The van der Waals surface area contributed by atoms with Crippen LogP contribution in [0.2, 0.25) is 0 Å². The Balaban J connectivity index is 1.19. The highest BCUT2D eigenvalue weighted by Crippen LogP contribution is 2.42. The molecule has 34 heavy (non-hydrogen) atoms. The first-order valence-electron chi connectivity index (χ1n) is 13.5. The van der Waals surface area contributed by atoms with Crippen LogP contribution in [0.4, 0.5) is 5.69 Å². The number of hydrogen-bond acceptors (Lipinski definition) is 6. The first-order chi connectivity index (χ1) is 16.6. The van der Waals surface area contributed by atoms with Crippen LogP contribution in [0, 0.1) is 0 Å². The number of anilines is 1. The summed E-state index contributed by atoms with van der Waals surface area (Å²) >= 11 is 0. The summed E-state index contributed by atoms with van der Waals surface area (Å²) in [6, 6.07) is 7.88. The van der Waals surface area contributed by atoms with Crippen molar-refractivity contribution in [2.45, 2.75) is 88.8 Å². The van der Waals surface area contributed by atoms with Gasteiger partial charge < -0.3 is 9.80 Å². The van der Waals surface area contributed by atoms with Crippen LogP contribution in [0.1, 0.15) is 75.3 Å². The van der Waals surface area contributed by atoms with E-state index in [9.17, 15) is 9.59 Å². The number of hydrogen-bond donors (Lipinski definition) is 2. The zero-order valence-corrected chi connectivity index (χ0v) is 20.9. The topological polar surface area (TPSA) is 67.9 Å². The van der Waals surface area contributed by atoms with E-state index in [0.29, 0.717) is 24.8 Å². The number of imide groups is 1. The van der Waals surface area contributed by atoms with Crippen molar-refractivity contribution in [3.63, 3.8) is 0 Å². The van der Waals surface area contributed by atoms with E-state index in [4.69, 9.17) is 0 Å². The summed E-state index contributed by atoms with van der Waals surface area (Å²) in [5.41, 5.74) is 7.54. The maximum atomic E-state index is 12.5. The first kappa shape index (κ1) is 23.8. The number of amides is 2. The molecule has 1 aromatic rings. The van der Waals surface area contributed by atoms with Gasteiger partial charge in [0.25, 0.3) is 0 Å². The molecular formula is C27H41N5O2. The van der Waals surface area contributed by atoms with E-state index < -0.39 is 0 Å². The van der Waals surface area contributed by atoms with Gasteiger partial charge in [0.2, 0.25) is 11.8 Å². The molecule has 1 saturated carbocycles. The second-order valence-corrected chi connectivity index (χ2v) is 10.5. The third kappa shape index (κ3) is 4.62. The molecule has 0 aromatic heterocycles. The van der Waals surface area contributed by atoms with Gasteiger partial charge in [-0.3, -0.25) is 20.3 Å². The van der Waals surface area contributed by atoms with E-state index in [0.717, 1.165) is 25.6 Å². The molecule has 7 heteroatoms. The maximum absolute atomic E-state index is 12.5. The SMILES string of the molecule is CCN(NC)C1CCN([C@H]2CC[C@H](c3cccc4c3CCN4C3CCC(=O)NC3=O)CC2)CC1. The van der Waals surface area contributed by atoms with Crippen molar-refractivity contribution >= 4 is 17.5 Å². The Kier molecular flexibility index (Phi) is 7.23. The van der Waals surface area contributed by atoms with Crippen molar-refractivity contribution in [3.8, 4) is 0 Å². The lowest BCUT2D eigenvalue weighted by molar-refractivity contribution is -0.134. The molecule has 0 radical (unpaired) electrons. The second kappa shape index (κ2) is 10.3. The van der Waals surface area contributed by atoms with E-state index in [1.807, 2.05) is 7.05 Å². The molecule has 1 unspecified atom stereocenters. The summed E-state index contributed by atoms with van der Waals surface area (Å²) < 4.78 is 0. The van der Waals surface area contributed by atoms with Crippen LogP contribution in [0.25, 0.3) is 0 Å². The monoisotopic (exact) mass is 467 g/mol. The minimum absolute atomic E-state index is 0.129. The van der Waals surface area contributed by atoms with Crippen LogP contribution >= 0.6 is 0 Å². The molecular weight excluding hydrogens is 426 g/mol. The molecule has 5 rings (SSSR count). The summed E-state index contributed by atoms with van der Waals surface area (Å²) in [6.07, 6.45) is 9.70. The molecule has 186 valence electrons. The lowest BCUT2D eigenvalue weighted by Crippen LogP contribution is -2.52. The number of piperidine rings is 2. The minimum atomic E-state index is -0.209. The average Bonchev–Trinajstić information content (AvgIpc) is 3.29. The Morgan fingerprint density at radius 1 is 1.00 bits per heavy atom. The van der Waals surface area contributed by atoms with Crippen LogP contribution in [-0.2, 0) is 16.0 Å². The molecule has 3 aliphatic heterocycles. The van der Waals surface area contributed by atoms with Crippen LogP contribution < -0.4 is 15.6 Å². The molecule has 7 nitrogen and oxygen atoms in total. The molecule has 0 spiro atoms. The molecule has 1 aromatic carbocycles. The molecule has 1 aliphatic carbocycles. The zero-order chi connectivity index (χ0) is 23.7. The second-order valence-electron chi connectivity index (χ2n) is 10.5. The Hall–Kier alpha value is -1.96. The number of likely N-dealkylation sites (tertiary alicyclic amines) is 1. The van der Waals surface area contributed by atoms with Crippen LogP contribution in [-0.4, -0.2) is 73.1 Å². The Labute approximate surface area is 204 Å². The number of nitrogens with one attached hydrogen (secondary N) is 2. The highest BCUT2D eigenvalue weighted by Gasteiger charge is 2.37. The van der Waals surface area contributed by atoms with E-state index >= 15 is 0 Å². The fraction of sp³-hybridized carbons (Fsp3) is 0.704. The smallest absolute Gasteiger partial charge is 0.249 e. The van der Waals surface area contributed by atoms with Gasteiger partial charge in [0.1, 0.15) is 6.04 Å². The number of fused-ring (bicyclic) bond motifs is 1. The highest BCUT2D eigenvalue weighted by atomic mass is 16.2. The number of carbonyl (C=O) groups excluding carboxylic acids is 2. The van der Waals surface area contributed by atoms with Crippen molar-refractivity contribution in [1.82, 2.24) is 20.7 Å². The van der Waals surface area contributed by atoms with Gasteiger partial charge in [0, 0.05) is 37.3 Å². The summed E-state index contributed by atoms with van der Waals surface area (Å²) in [5, 5.41) is 4.93. The van der Waals surface area contributed by atoms with Crippen molar-refractivity contribution in [3.05, 3.63) is 29.3 Å². The van der Waals surface area contributed by atoms with Crippen molar-refractivity contribution in [2.75, 3.05) is 38.1 Å². The third-order valence-corrected chi connectivity index (χ3v) is 8.91. The molecule has 2 amide bonds. The molecule has 0 bridgehead atoms. The molecule has 4 aliphatic rings. The lowest BCUT2D eigenvalue weighted by atomic mass is 9.79. The van der Waals surface area contributed by atoms with Gasteiger partial charge >= 0.3 is 0 Å². The normalized spacial score (nSPS) is 28.9. The standard InChI is InChI=1S/C27H41N5O2/c1-3-32(28-2)21-13-16-30(17-14-21)20-9-7-19(8-10-20)22-5-4-6-24-23(22)15-18-31(24)25-11-12-26(33)29-27(25)34/h4-6,19-21,25,28H,3,7-18H2,1-2H3,(H,29,33,34)/t19-,20-,25?. The Bertz CT molecular complexity index is 885. The first-order valence-corrected chi connectivity index (χ1v) is 13.5. The van der Waals surface area contributed by atoms with Crippen LogP contribution in [0.15, 0.2) is 18.2 Å².